The number of carbonyl (C=O) groups is 6. The third kappa shape index (κ3) is 13.9. The Kier molecular flexibility index (Phi) is 18.0. The van der Waals surface area contributed by atoms with Gasteiger partial charge in [-0.25, -0.2) is 4.79 Å². The topological polar surface area (TPSA) is 254 Å². The number of guanidine groups is 1. The number of nitrogens with two attached hydrogens (primary N) is 2. The summed E-state index contributed by atoms with van der Waals surface area (Å²) in [5.41, 5.74) is 10.8. The van der Waals surface area contributed by atoms with Crippen molar-refractivity contribution in [1.29, 1.82) is 0 Å². The Hall–Kier alpha value is -4.15. The van der Waals surface area contributed by atoms with Crippen LogP contribution in [-0.4, -0.2) is 117 Å². The van der Waals surface area contributed by atoms with Gasteiger partial charge in [-0.05, 0) is 64.8 Å². The van der Waals surface area contributed by atoms with Gasteiger partial charge in [0.05, 0.1) is 6.04 Å². The first-order chi connectivity index (χ1) is 21.7. The van der Waals surface area contributed by atoms with Crippen molar-refractivity contribution in [3.63, 3.8) is 0 Å². The fraction of sp³-hybridized carbons (Fsp3) is 0.759. The van der Waals surface area contributed by atoms with Gasteiger partial charge in [-0.3, -0.25) is 29.0 Å². The fourth-order valence-corrected chi connectivity index (χ4v) is 5.13. The van der Waals surface area contributed by atoms with E-state index in [1.54, 1.807) is 14.0 Å². The average Bonchev–Trinajstić information content (AvgIpc) is 3.51. The summed E-state index contributed by atoms with van der Waals surface area (Å²) in [6, 6.07) is -4.80. The van der Waals surface area contributed by atoms with Crippen molar-refractivity contribution in [3.05, 3.63) is 0 Å². The van der Waals surface area contributed by atoms with Gasteiger partial charge in [0.25, 0.3) is 0 Å². The lowest BCUT2D eigenvalue weighted by atomic mass is 10.0. The molecule has 1 heterocycles. The molecule has 7 amide bonds. The molecule has 0 radical (unpaired) electrons. The first-order valence-electron chi connectivity index (χ1n) is 15.8. The summed E-state index contributed by atoms with van der Waals surface area (Å²) in [4.78, 5) is 82.1. The van der Waals surface area contributed by atoms with Crippen LogP contribution >= 0.6 is 0 Å². The molecule has 0 spiro atoms. The standard InChI is InChI=1S/C29H55N11O6/c1-17(2)16-21(39-24(42)19(32-4)10-7-14-36-29(31)46)25(43)38-20(11-8-13-35-28(30)34-6)27(45)40-15-9-12-22(40)26(44)37-18(3)23(41)33-5/h17-22,32H,7-16H2,1-6H3,(H,33,41)(H,37,44)(H,38,43)(H,39,42)(H3,30,34,35)(H3,31,36,46)/t18-,19-,20+,21+,22-/m1/s1. The minimum absolute atomic E-state index is 0.0347. The highest BCUT2D eigenvalue weighted by atomic mass is 16.2. The fourth-order valence-electron chi connectivity index (χ4n) is 5.13. The third-order valence-corrected chi connectivity index (χ3v) is 7.64. The van der Waals surface area contributed by atoms with Crippen molar-refractivity contribution < 1.29 is 28.8 Å². The number of nitrogens with one attached hydrogen (secondary N) is 7. The summed E-state index contributed by atoms with van der Waals surface area (Å²) in [6.45, 7) is 6.38. The molecule has 0 bridgehead atoms. The Morgan fingerprint density at radius 3 is 1.98 bits per heavy atom. The van der Waals surface area contributed by atoms with Gasteiger partial charge in [0.1, 0.15) is 24.2 Å². The van der Waals surface area contributed by atoms with Crippen LogP contribution < -0.4 is 48.7 Å². The van der Waals surface area contributed by atoms with E-state index in [0.29, 0.717) is 58.2 Å². The molecule has 262 valence electrons. The molecule has 46 heavy (non-hydrogen) atoms. The molecule has 1 rings (SSSR count). The average molecular weight is 654 g/mol. The van der Waals surface area contributed by atoms with Gasteiger partial charge in [0.2, 0.25) is 29.5 Å². The quantitative estimate of drug-likeness (QED) is 0.0408. The lowest BCUT2D eigenvalue weighted by molar-refractivity contribution is -0.142. The van der Waals surface area contributed by atoms with Crippen molar-refractivity contribution in [3.8, 4) is 0 Å². The van der Waals surface area contributed by atoms with E-state index < -0.39 is 59.9 Å². The predicted octanol–water partition coefficient (Wildman–Crippen LogP) is -2.41. The van der Waals surface area contributed by atoms with E-state index >= 15 is 0 Å². The molecule has 5 atom stereocenters. The highest BCUT2D eigenvalue weighted by Crippen LogP contribution is 2.20. The highest BCUT2D eigenvalue weighted by molar-refractivity contribution is 5.96. The van der Waals surface area contributed by atoms with Crippen LogP contribution in [0.5, 0.6) is 0 Å². The molecule has 0 aromatic heterocycles. The number of urea groups is 1. The zero-order valence-electron chi connectivity index (χ0n) is 28.0. The van der Waals surface area contributed by atoms with Gasteiger partial charge in [0, 0.05) is 33.7 Å². The number of hydrogen-bond acceptors (Lipinski definition) is 8. The molecular formula is C29H55N11O6. The lowest BCUT2D eigenvalue weighted by Crippen LogP contribution is -2.58. The van der Waals surface area contributed by atoms with E-state index in [2.05, 4.69) is 42.2 Å². The minimum Gasteiger partial charge on any atom is -0.370 e. The second-order valence-electron chi connectivity index (χ2n) is 11.7. The minimum atomic E-state index is -0.995. The number of hydrogen-bond donors (Lipinski definition) is 9. The van der Waals surface area contributed by atoms with Crippen LogP contribution in [0, 0.1) is 5.92 Å². The molecule has 1 fully saturated rings. The van der Waals surface area contributed by atoms with Crippen LogP contribution in [0.3, 0.4) is 0 Å². The first-order valence-corrected chi connectivity index (χ1v) is 15.8. The number of likely N-dealkylation sites (tertiary alicyclic amines) is 1. The van der Waals surface area contributed by atoms with E-state index in [1.807, 2.05) is 13.8 Å². The highest BCUT2D eigenvalue weighted by Gasteiger charge is 2.39. The summed E-state index contributed by atoms with van der Waals surface area (Å²) in [5.74, 6) is -1.90. The van der Waals surface area contributed by atoms with Gasteiger partial charge in [-0.15, -0.1) is 0 Å². The number of aliphatic imine (C=N–C) groups is 1. The number of primary amides is 1. The molecule has 17 nitrogen and oxygen atoms in total. The van der Waals surface area contributed by atoms with Crippen LogP contribution in [0.4, 0.5) is 4.79 Å². The summed E-state index contributed by atoms with van der Waals surface area (Å²) in [7, 11) is 4.63. The largest absolute Gasteiger partial charge is 0.370 e. The maximum atomic E-state index is 13.9. The molecule has 0 aromatic rings. The van der Waals surface area contributed by atoms with Crippen LogP contribution in [-0.2, 0) is 24.0 Å². The van der Waals surface area contributed by atoms with Crippen molar-refractivity contribution >= 4 is 41.5 Å². The third-order valence-electron chi connectivity index (χ3n) is 7.64. The SMILES string of the molecule is CN=C(N)NCCC[C@H](NC(=O)[C@H](CC(C)C)NC(=O)[C@@H](CCCNC(N)=O)NC)C(=O)N1CCC[C@@H]1C(=O)N[C@H](C)C(=O)NC. The Bertz CT molecular complexity index is 1070. The van der Waals surface area contributed by atoms with Gasteiger partial charge in [-0.1, -0.05) is 13.8 Å². The van der Waals surface area contributed by atoms with Gasteiger partial charge in [0.15, 0.2) is 5.96 Å². The molecule has 0 saturated carbocycles. The predicted molar refractivity (Wildman–Crippen MR) is 174 cm³/mol. The lowest BCUT2D eigenvalue weighted by Gasteiger charge is -2.31. The van der Waals surface area contributed by atoms with E-state index in [1.165, 1.54) is 19.0 Å². The summed E-state index contributed by atoms with van der Waals surface area (Å²) in [5, 5.41) is 19.1. The van der Waals surface area contributed by atoms with E-state index in [4.69, 9.17) is 11.5 Å². The Balaban J connectivity index is 3.13. The molecule has 1 aliphatic heterocycles. The molecule has 0 aromatic carbocycles. The van der Waals surface area contributed by atoms with Gasteiger partial charge in [-0.2, -0.15) is 0 Å². The summed E-state index contributed by atoms with van der Waals surface area (Å²) < 4.78 is 0. The van der Waals surface area contributed by atoms with Crippen molar-refractivity contribution in [2.24, 2.45) is 22.4 Å². The van der Waals surface area contributed by atoms with Crippen molar-refractivity contribution in [2.75, 3.05) is 40.8 Å². The zero-order chi connectivity index (χ0) is 34.8. The van der Waals surface area contributed by atoms with Gasteiger partial charge < -0.3 is 53.6 Å². The maximum absolute atomic E-state index is 13.9. The van der Waals surface area contributed by atoms with Crippen molar-refractivity contribution in [2.45, 2.75) is 95.9 Å². The monoisotopic (exact) mass is 653 g/mol. The Labute approximate surface area is 271 Å². The molecule has 0 unspecified atom stereocenters. The van der Waals surface area contributed by atoms with E-state index in [0.717, 1.165) is 0 Å². The Morgan fingerprint density at radius 1 is 0.826 bits per heavy atom. The van der Waals surface area contributed by atoms with Crippen LogP contribution in [0.2, 0.25) is 0 Å². The smallest absolute Gasteiger partial charge is 0.312 e. The molecule has 1 aliphatic rings. The van der Waals surface area contributed by atoms with Crippen molar-refractivity contribution in [1.82, 2.24) is 42.1 Å². The number of nitrogens with zero attached hydrogens (tertiary/aromatic N) is 2. The van der Waals surface area contributed by atoms with Gasteiger partial charge >= 0.3 is 6.03 Å². The van der Waals surface area contributed by atoms with Crippen LogP contribution in [0.25, 0.3) is 0 Å². The second-order valence-corrected chi connectivity index (χ2v) is 11.7. The number of amides is 7. The normalized spacial score (nSPS) is 17.3. The zero-order valence-corrected chi connectivity index (χ0v) is 28.0. The molecule has 17 heteroatoms. The number of carbonyl (C=O) groups excluding carboxylic acids is 6. The molecule has 1 saturated heterocycles. The molecular weight excluding hydrogens is 598 g/mol. The summed E-state index contributed by atoms with van der Waals surface area (Å²) >= 11 is 0. The number of likely N-dealkylation sites (N-methyl/N-ethyl adjacent to an activating group) is 2. The van der Waals surface area contributed by atoms with E-state index in [-0.39, 0.29) is 24.2 Å². The first kappa shape index (κ1) is 39.9. The molecule has 11 N–H and O–H groups in total. The maximum Gasteiger partial charge on any atom is 0.312 e. The van der Waals surface area contributed by atoms with Crippen LogP contribution in [0.1, 0.15) is 65.7 Å². The molecule has 0 aliphatic carbocycles. The Morgan fingerprint density at radius 2 is 1.41 bits per heavy atom. The second kappa shape index (κ2) is 20.8. The summed E-state index contributed by atoms with van der Waals surface area (Å²) in [6.07, 6.45) is 2.83. The van der Waals surface area contributed by atoms with E-state index in [9.17, 15) is 28.8 Å². The van der Waals surface area contributed by atoms with Crippen LogP contribution in [0.15, 0.2) is 4.99 Å². The number of rotatable bonds is 19.